The number of hydrogen-bond donors (Lipinski definition) is 2. The summed E-state index contributed by atoms with van der Waals surface area (Å²) in [7, 11) is -2.32. The number of nitrogens with one attached hydrogen (secondary N) is 2. The van der Waals surface area contributed by atoms with Crippen molar-refractivity contribution < 1.29 is 46.6 Å². The number of benzene rings is 1. The van der Waals surface area contributed by atoms with Crippen LogP contribution in [0.25, 0.3) is 11.3 Å². The predicted octanol–water partition coefficient (Wildman–Crippen LogP) is 3.06. The molecule has 2 N–H and O–H groups in total. The van der Waals surface area contributed by atoms with Crippen molar-refractivity contribution in [1.82, 2.24) is 24.8 Å². The highest BCUT2D eigenvalue weighted by molar-refractivity contribution is 7.91. The van der Waals surface area contributed by atoms with Crippen LogP contribution in [-0.2, 0) is 38.7 Å². The van der Waals surface area contributed by atoms with E-state index in [1.807, 2.05) is 41.8 Å². The zero-order chi connectivity index (χ0) is 39.9. The van der Waals surface area contributed by atoms with Crippen molar-refractivity contribution in [1.29, 1.82) is 0 Å². The van der Waals surface area contributed by atoms with Crippen LogP contribution in [0.4, 0.5) is 0 Å². The van der Waals surface area contributed by atoms with Gasteiger partial charge >= 0.3 is 5.97 Å². The van der Waals surface area contributed by atoms with E-state index in [4.69, 9.17) is 14.2 Å². The Morgan fingerprint density at radius 2 is 1.86 bits per heavy atom. The summed E-state index contributed by atoms with van der Waals surface area (Å²) < 4.78 is 44.4. The van der Waals surface area contributed by atoms with Crippen molar-refractivity contribution in [2.45, 2.75) is 87.1 Å². The molecule has 5 heterocycles. The van der Waals surface area contributed by atoms with Crippen LogP contribution in [0.3, 0.4) is 0 Å². The molecule has 0 spiro atoms. The average Bonchev–Trinajstić information content (AvgIpc) is 3.86. The summed E-state index contributed by atoms with van der Waals surface area (Å²) in [5.74, 6) is -3.73. The molecule has 2 saturated carbocycles. The second kappa shape index (κ2) is 16.1. The van der Waals surface area contributed by atoms with E-state index in [9.17, 15) is 32.4 Å². The van der Waals surface area contributed by atoms with Gasteiger partial charge in [0, 0.05) is 60.7 Å². The van der Waals surface area contributed by atoms with Gasteiger partial charge in [0.05, 0.1) is 37.7 Å². The van der Waals surface area contributed by atoms with E-state index in [0.29, 0.717) is 68.2 Å². The molecule has 57 heavy (non-hydrogen) atoms. The fourth-order valence-electron chi connectivity index (χ4n) is 8.81. The minimum Gasteiger partial charge on any atom is -0.497 e. The highest BCUT2D eigenvalue weighted by atomic mass is 32.2. The van der Waals surface area contributed by atoms with Crippen molar-refractivity contribution in [3.8, 4) is 17.0 Å². The number of carbonyl (C=O) groups is 5. The van der Waals surface area contributed by atoms with E-state index >= 15 is 0 Å². The number of thiazole rings is 1. The summed E-state index contributed by atoms with van der Waals surface area (Å²) in [6.07, 6.45) is 8.49. The number of esters is 1. The first kappa shape index (κ1) is 39.5. The Kier molecular flexibility index (Phi) is 11.2. The molecule has 1 aromatic heterocycles. The summed E-state index contributed by atoms with van der Waals surface area (Å²) in [5.41, 5.74) is -0.0346. The van der Waals surface area contributed by atoms with E-state index in [1.165, 1.54) is 16.2 Å². The number of methoxy groups -OCH3 is 1. The molecule has 1 unspecified atom stereocenters. The van der Waals surface area contributed by atoms with Gasteiger partial charge < -0.3 is 29.3 Å². The number of likely N-dealkylation sites (tertiary alicyclic amines) is 1. The maximum absolute atomic E-state index is 14.7. The third kappa shape index (κ3) is 8.33. The summed E-state index contributed by atoms with van der Waals surface area (Å²) in [6, 6.07) is 6.30. The molecule has 2 aliphatic carbocycles. The number of amides is 4. The molecule has 0 bridgehead atoms. The van der Waals surface area contributed by atoms with Crippen LogP contribution in [0.5, 0.6) is 5.75 Å². The molecule has 17 heteroatoms. The maximum atomic E-state index is 14.7. The lowest BCUT2D eigenvalue weighted by Gasteiger charge is -2.32. The summed E-state index contributed by atoms with van der Waals surface area (Å²) in [6.45, 7) is 1.42. The number of hydrogen-bond acceptors (Lipinski definition) is 12. The van der Waals surface area contributed by atoms with Crippen molar-refractivity contribution >= 4 is 51.0 Å². The molecule has 306 valence electrons. The minimum absolute atomic E-state index is 0.145. The Hall–Kier alpha value is -4.35. The fraction of sp³-hybridized carbons (Fsp3) is 0.600. The van der Waals surface area contributed by atoms with Gasteiger partial charge in [0.15, 0.2) is 5.01 Å². The lowest BCUT2D eigenvalue weighted by Crippen LogP contribution is -2.58. The molecule has 15 nitrogen and oxygen atoms in total. The van der Waals surface area contributed by atoms with E-state index in [0.717, 1.165) is 18.4 Å². The summed E-state index contributed by atoms with van der Waals surface area (Å²) >= 11 is 1.23. The quantitative estimate of drug-likeness (QED) is 0.279. The number of aromatic nitrogens is 1. The molecular formula is C40H49N5O10S2. The molecule has 2 aromatic rings. The maximum Gasteiger partial charge on any atom is 0.306 e. The number of sulfonamides is 1. The minimum atomic E-state index is -3.91. The second-order valence-corrected chi connectivity index (χ2v) is 19.0. The number of ether oxygens (including phenoxy) is 3. The molecule has 3 saturated heterocycles. The third-order valence-corrected chi connectivity index (χ3v) is 14.9. The number of nitrogens with zero attached hydrogens (tertiary/aromatic N) is 3. The molecule has 5 fully saturated rings. The number of allylic oxidation sites excluding steroid dienone is 1. The summed E-state index contributed by atoms with van der Waals surface area (Å²) in [5, 5.41) is 4.42. The lowest BCUT2D eigenvalue weighted by atomic mass is 9.92. The zero-order valence-corrected chi connectivity index (χ0v) is 33.6. The molecular weight excluding hydrogens is 775 g/mol. The monoisotopic (exact) mass is 823 g/mol. The predicted molar refractivity (Wildman–Crippen MR) is 207 cm³/mol. The Labute approximate surface area is 335 Å². The highest BCUT2D eigenvalue weighted by Crippen LogP contribution is 2.47. The van der Waals surface area contributed by atoms with Gasteiger partial charge in [0.1, 0.15) is 23.4 Å². The Bertz CT molecular complexity index is 2030. The molecule has 8 rings (SSSR count). The number of carbonyl (C=O) groups excluding carboxylic acids is 5. The van der Waals surface area contributed by atoms with Crippen LogP contribution in [-0.4, -0.2) is 116 Å². The first-order valence-corrected chi connectivity index (χ1v) is 22.4. The smallest absolute Gasteiger partial charge is 0.306 e. The van der Waals surface area contributed by atoms with Gasteiger partial charge in [-0.05, 0) is 62.8 Å². The first-order chi connectivity index (χ1) is 27.5. The molecule has 6 aliphatic rings. The molecule has 4 aliphatic heterocycles. The fourth-order valence-corrected chi connectivity index (χ4v) is 11.0. The van der Waals surface area contributed by atoms with E-state index in [1.54, 1.807) is 12.0 Å². The normalized spacial score (nSPS) is 30.9. The van der Waals surface area contributed by atoms with Gasteiger partial charge in [-0.1, -0.05) is 25.0 Å². The van der Waals surface area contributed by atoms with Gasteiger partial charge in [-0.2, -0.15) is 0 Å². The standard InChI is InChI=1S/C40H49N5O10S2/c1-53-28-11-9-24(10-12-28)32-23-56-36(41-32)38(49)44-19-26-20-45-34(31(26)21-44)35(47)42-40(39(50)43-57(51,52)30-13-14-30)18-27(40)8-6-4-2-3-5-7-25(37(45)48)17-33(46)55-29-15-16-54-22-29/h6,8-12,23,25-27,29-31,34H,2-5,7,13-22H2,1H3,(H,42,47)(H,43,50)/b8-6-/t25-,26+,27-,29?,31+,34+,40-/m1/s1. The number of rotatable bonds is 9. The molecule has 7 atom stereocenters. The van der Waals surface area contributed by atoms with Crippen LogP contribution in [0.2, 0.25) is 0 Å². The molecule has 0 radical (unpaired) electrons. The third-order valence-electron chi connectivity index (χ3n) is 12.3. The molecule has 1 aromatic carbocycles. The summed E-state index contributed by atoms with van der Waals surface area (Å²) in [4.78, 5) is 78.2. The van der Waals surface area contributed by atoms with Crippen molar-refractivity contribution in [2.75, 3.05) is 40.0 Å². The zero-order valence-electron chi connectivity index (χ0n) is 31.9. The van der Waals surface area contributed by atoms with Gasteiger partial charge in [0.2, 0.25) is 21.8 Å². The average molecular weight is 824 g/mol. The number of fused-ring (bicyclic) bond motifs is 4. The Morgan fingerprint density at radius 1 is 1.05 bits per heavy atom. The van der Waals surface area contributed by atoms with Crippen LogP contribution in [0, 0.1) is 23.7 Å². The van der Waals surface area contributed by atoms with Crippen molar-refractivity contribution in [3.05, 3.63) is 46.8 Å². The Morgan fingerprint density at radius 3 is 2.60 bits per heavy atom. The topological polar surface area (TPSA) is 191 Å². The second-order valence-electron chi connectivity index (χ2n) is 16.2. The van der Waals surface area contributed by atoms with Gasteiger partial charge in [-0.15, -0.1) is 11.3 Å². The van der Waals surface area contributed by atoms with Crippen LogP contribution < -0.4 is 14.8 Å². The lowest BCUT2D eigenvalue weighted by molar-refractivity contribution is -0.154. The SMILES string of the molecule is COc1ccc(-c2csc(C(=O)N3C[C@H]4CN5C(=O)[C@@H](CC(=O)OC6CCOC6)CCCCC/C=C\[C@@H]6C[C@@]6(C(=O)NS(=O)(=O)C6CC6)NC(=O)[C@@H]5[C@H]4C3)n2)cc1. The van der Waals surface area contributed by atoms with E-state index < -0.39 is 62.4 Å². The highest BCUT2D eigenvalue weighted by Gasteiger charge is 2.63. The van der Waals surface area contributed by atoms with Crippen molar-refractivity contribution in [2.24, 2.45) is 23.7 Å². The van der Waals surface area contributed by atoms with Gasteiger partial charge in [0.25, 0.3) is 11.8 Å². The van der Waals surface area contributed by atoms with Crippen LogP contribution in [0.15, 0.2) is 41.8 Å². The largest absolute Gasteiger partial charge is 0.497 e. The van der Waals surface area contributed by atoms with Gasteiger partial charge in [-0.25, -0.2) is 13.4 Å². The van der Waals surface area contributed by atoms with Crippen LogP contribution >= 0.6 is 11.3 Å². The van der Waals surface area contributed by atoms with Crippen molar-refractivity contribution in [3.63, 3.8) is 0 Å². The van der Waals surface area contributed by atoms with E-state index in [-0.39, 0.29) is 56.3 Å². The van der Waals surface area contributed by atoms with Crippen LogP contribution in [0.1, 0.15) is 74.0 Å². The van der Waals surface area contributed by atoms with E-state index in [2.05, 4.69) is 15.0 Å². The van der Waals surface area contributed by atoms with Gasteiger partial charge in [-0.3, -0.25) is 28.7 Å². The molecule has 4 amide bonds. The Balaban J connectivity index is 1.06. The first-order valence-electron chi connectivity index (χ1n) is 20.0.